The summed E-state index contributed by atoms with van der Waals surface area (Å²) in [5.74, 6) is 2.55. The molecule has 1 atom stereocenters. The van der Waals surface area contributed by atoms with Crippen LogP contribution in [0.15, 0.2) is 23.2 Å². The smallest absolute Gasteiger partial charge is 0.195 e. The number of aliphatic imine (C=N–C) groups is 1. The minimum Gasteiger partial charge on any atom is -0.493 e. The fourth-order valence-corrected chi connectivity index (χ4v) is 2.81. The molecular formula is C17H30IN3O3S. The summed E-state index contributed by atoms with van der Waals surface area (Å²) in [6.07, 6.45) is 0. The van der Waals surface area contributed by atoms with Gasteiger partial charge in [-0.3, -0.25) is 9.20 Å². The molecule has 0 saturated carbocycles. The van der Waals surface area contributed by atoms with Crippen LogP contribution in [0.4, 0.5) is 5.69 Å². The Morgan fingerprint density at radius 1 is 1.28 bits per heavy atom. The summed E-state index contributed by atoms with van der Waals surface area (Å²) >= 11 is 0. The van der Waals surface area contributed by atoms with Gasteiger partial charge in [0.05, 0.1) is 13.7 Å². The monoisotopic (exact) mass is 483 g/mol. The van der Waals surface area contributed by atoms with Crippen molar-refractivity contribution in [2.24, 2.45) is 4.99 Å². The van der Waals surface area contributed by atoms with Crippen LogP contribution in [0.25, 0.3) is 0 Å². The van der Waals surface area contributed by atoms with Gasteiger partial charge in [0.25, 0.3) is 0 Å². The van der Waals surface area contributed by atoms with E-state index < -0.39 is 10.8 Å². The Labute approximate surface area is 170 Å². The van der Waals surface area contributed by atoms with E-state index in [-0.39, 0.29) is 28.7 Å². The minimum atomic E-state index is -0.895. The molecule has 2 N–H and O–H groups in total. The number of methoxy groups -OCH3 is 1. The molecule has 0 saturated heterocycles. The molecule has 0 spiro atoms. The number of halogens is 1. The van der Waals surface area contributed by atoms with Gasteiger partial charge >= 0.3 is 0 Å². The van der Waals surface area contributed by atoms with Crippen molar-refractivity contribution >= 4 is 46.4 Å². The van der Waals surface area contributed by atoms with E-state index in [4.69, 9.17) is 9.47 Å². The number of nitrogens with zero attached hydrogens (tertiary/aromatic N) is 1. The number of hydrogen-bond donors (Lipinski definition) is 2. The van der Waals surface area contributed by atoms with Crippen LogP contribution in [0.5, 0.6) is 11.5 Å². The quantitative estimate of drug-likeness (QED) is 0.354. The van der Waals surface area contributed by atoms with Crippen LogP contribution in [0.2, 0.25) is 0 Å². The predicted octanol–water partition coefficient (Wildman–Crippen LogP) is 3.25. The highest BCUT2D eigenvalue weighted by atomic mass is 127. The Bertz CT molecular complexity index is 589. The van der Waals surface area contributed by atoms with Gasteiger partial charge in [-0.1, -0.05) is 0 Å². The maximum absolute atomic E-state index is 12.1. The molecule has 0 aliphatic heterocycles. The van der Waals surface area contributed by atoms with E-state index in [9.17, 15) is 4.21 Å². The molecule has 8 heteroatoms. The lowest BCUT2D eigenvalue weighted by Gasteiger charge is -2.18. The molecule has 0 amide bonds. The fourth-order valence-electron chi connectivity index (χ4n) is 1.91. The van der Waals surface area contributed by atoms with Crippen LogP contribution in [0.1, 0.15) is 27.7 Å². The second-order valence-corrected chi connectivity index (χ2v) is 8.41. The Morgan fingerprint density at radius 2 is 1.96 bits per heavy atom. The number of benzene rings is 1. The summed E-state index contributed by atoms with van der Waals surface area (Å²) in [6.45, 7) is 8.99. The molecule has 0 heterocycles. The van der Waals surface area contributed by atoms with E-state index in [1.54, 1.807) is 14.2 Å². The van der Waals surface area contributed by atoms with Crippen molar-refractivity contribution in [3.8, 4) is 11.5 Å². The average molecular weight is 483 g/mol. The number of nitrogens with one attached hydrogen (secondary N) is 2. The van der Waals surface area contributed by atoms with Crippen LogP contribution < -0.4 is 20.1 Å². The Balaban J connectivity index is 0.00000576. The first kappa shape index (κ1) is 24.0. The van der Waals surface area contributed by atoms with Gasteiger partial charge in [-0.15, -0.1) is 24.0 Å². The molecule has 0 bridgehead atoms. The molecule has 0 fully saturated rings. The number of anilines is 1. The van der Waals surface area contributed by atoms with E-state index in [1.165, 1.54) is 0 Å². The minimum absolute atomic E-state index is 0. The summed E-state index contributed by atoms with van der Waals surface area (Å²) in [5.41, 5.74) is 0.837. The Hall–Kier alpha value is -1.03. The third kappa shape index (κ3) is 8.26. The van der Waals surface area contributed by atoms with Gasteiger partial charge in [-0.05, 0) is 39.8 Å². The van der Waals surface area contributed by atoms with E-state index in [0.717, 1.165) is 5.69 Å². The van der Waals surface area contributed by atoms with Crippen molar-refractivity contribution < 1.29 is 13.7 Å². The first-order valence-electron chi connectivity index (χ1n) is 7.98. The SMILES string of the molecule is CCOc1cc(NC(=NC)NCCS(=O)C(C)(C)C)ccc1OC.I. The molecule has 1 aromatic carbocycles. The van der Waals surface area contributed by atoms with Crippen molar-refractivity contribution in [3.05, 3.63) is 18.2 Å². The van der Waals surface area contributed by atoms with Gasteiger partial charge in [0.2, 0.25) is 0 Å². The van der Waals surface area contributed by atoms with Crippen molar-refractivity contribution in [2.75, 3.05) is 38.4 Å². The van der Waals surface area contributed by atoms with Gasteiger partial charge in [-0.25, -0.2) is 0 Å². The van der Waals surface area contributed by atoms with Crippen molar-refractivity contribution in [1.29, 1.82) is 0 Å². The van der Waals surface area contributed by atoms with Gasteiger partial charge in [-0.2, -0.15) is 0 Å². The first-order valence-corrected chi connectivity index (χ1v) is 9.30. The molecule has 1 aromatic rings. The number of rotatable bonds is 7. The molecule has 6 nitrogen and oxygen atoms in total. The van der Waals surface area contributed by atoms with Gasteiger partial charge in [0.1, 0.15) is 0 Å². The molecule has 1 rings (SSSR count). The number of ether oxygens (including phenoxy) is 2. The van der Waals surface area contributed by atoms with Gasteiger partial charge < -0.3 is 20.1 Å². The highest BCUT2D eigenvalue weighted by Gasteiger charge is 2.18. The lowest BCUT2D eigenvalue weighted by molar-refractivity contribution is 0.311. The van der Waals surface area contributed by atoms with Gasteiger partial charge in [0.15, 0.2) is 17.5 Å². The second kappa shape index (κ2) is 11.6. The maximum atomic E-state index is 12.1. The molecule has 0 aliphatic carbocycles. The molecule has 25 heavy (non-hydrogen) atoms. The highest BCUT2D eigenvalue weighted by Crippen LogP contribution is 2.30. The van der Waals surface area contributed by atoms with Gasteiger partial charge in [0, 0.05) is 46.6 Å². The van der Waals surface area contributed by atoms with E-state index in [0.29, 0.717) is 36.4 Å². The molecule has 144 valence electrons. The molecular weight excluding hydrogens is 453 g/mol. The Kier molecular flexibility index (Phi) is 11.1. The fraction of sp³-hybridized carbons (Fsp3) is 0.588. The lowest BCUT2D eigenvalue weighted by Crippen LogP contribution is -2.36. The van der Waals surface area contributed by atoms with Crippen molar-refractivity contribution in [3.63, 3.8) is 0 Å². The third-order valence-electron chi connectivity index (χ3n) is 3.21. The summed E-state index contributed by atoms with van der Waals surface area (Å²) in [7, 11) is 2.41. The summed E-state index contributed by atoms with van der Waals surface area (Å²) in [6, 6.07) is 5.60. The lowest BCUT2D eigenvalue weighted by atomic mass is 10.2. The second-order valence-electron chi connectivity index (χ2n) is 6.08. The molecule has 0 aromatic heterocycles. The largest absolute Gasteiger partial charge is 0.493 e. The van der Waals surface area contributed by atoms with Crippen molar-refractivity contribution in [2.45, 2.75) is 32.4 Å². The maximum Gasteiger partial charge on any atom is 0.195 e. The summed E-state index contributed by atoms with van der Waals surface area (Å²) in [5, 5.41) is 6.37. The zero-order valence-corrected chi connectivity index (χ0v) is 19.0. The van der Waals surface area contributed by atoms with Crippen LogP contribution in [-0.2, 0) is 10.8 Å². The van der Waals surface area contributed by atoms with Crippen LogP contribution >= 0.6 is 24.0 Å². The average Bonchev–Trinajstić information content (AvgIpc) is 2.53. The van der Waals surface area contributed by atoms with E-state index >= 15 is 0 Å². The number of guanidine groups is 1. The van der Waals surface area contributed by atoms with E-state index in [2.05, 4.69) is 15.6 Å². The van der Waals surface area contributed by atoms with Crippen molar-refractivity contribution in [1.82, 2.24) is 5.32 Å². The summed E-state index contributed by atoms with van der Waals surface area (Å²) in [4.78, 5) is 4.18. The third-order valence-corrected chi connectivity index (χ3v) is 5.15. The Morgan fingerprint density at radius 3 is 2.48 bits per heavy atom. The molecule has 0 aliphatic rings. The first-order chi connectivity index (χ1) is 11.3. The highest BCUT2D eigenvalue weighted by molar-refractivity contribution is 14.0. The number of hydrogen-bond acceptors (Lipinski definition) is 4. The van der Waals surface area contributed by atoms with E-state index in [1.807, 2.05) is 45.9 Å². The van der Waals surface area contributed by atoms with Crippen LogP contribution in [-0.4, -0.2) is 48.0 Å². The zero-order chi connectivity index (χ0) is 18.2. The normalized spacial score (nSPS) is 12.8. The van der Waals surface area contributed by atoms with Crippen LogP contribution in [0.3, 0.4) is 0 Å². The summed E-state index contributed by atoms with van der Waals surface area (Å²) < 4.78 is 22.7. The predicted molar refractivity (Wildman–Crippen MR) is 117 cm³/mol. The van der Waals surface area contributed by atoms with Crippen LogP contribution in [0, 0.1) is 0 Å². The standard InChI is InChI=1S/C17H29N3O3S.HI/c1-7-23-15-12-13(8-9-14(15)22-6)20-16(18-5)19-10-11-24(21)17(2,3)4;/h8-9,12H,7,10-11H2,1-6H3,(H2,18,19,20);1H. The zero-order valence-electron chi connectivity index (χ0n) is 15.8. The molecule has 1 unspecified atom stereocenters. The topological polar surface area (TPSA) is 72.0 Å². The molecule has 0 radical (unpaired) electrons.